The van der Waals surface area contributed by atoms with Crippen molar-refractivity contribution < 1.29 is 0 Å². The van der Waals surface area contributed by atoms with Gasteiger partial charge in [-0.25, -0.2) is 0 Å². The number of hydrogen-bond donors (Lipinski definition) is 1. The quantitative estimate of drug-likeness (QED) is 0.659. The largest absolute Gasteiger partial charge is 0.310 e. The fourth-order valence-corrected chi connectivity index (χ4v) is 3.60. The maximum absolute atomic E-state index is 6.41. The lowest BCUT2D eigenvalue weighted by Gasteiger charge is -2.25. The Kier molecular flexibility index (Phi) is 6.89. The minimum absolute atomic E-state index is 0.423. The second kappa shape index (κ2) is 8.69. The number of rotatable bonds is 6. The summed E-state index contributed by atoms with van der Waals surface area (Å²) in [5.74, 6) is 0.864. The first kappa shape index (κ1) is 15.9. The summed E-state index contributed by atoms with van der Waals surface area (Å²) >= 11 is 6.41. The Hall–Kier alpha value is -0.530. The van der Waals surface area contributed by atoms with Gasteiger partial charge in [-0.1, -0.05) is 75.2 Å². The van der Waals surface area contributed by atoms with Crippen LogP contribution in [0.2, 0.25) is 5.02 Å². The molecular weight excluding hydrogens is 266 g/mol. The summed E-state index contributed by atoms with van der Waals surface area (Å²) in [6, 6.07) is 8.76. The molecule has 1 aromatic rings. The minimum Gasteiger partial charge on any atom is -0.310 e. The molecule has 1 atom stereocenters. The van der Waals surface area contributed by atoms with E-state index in [0.29, 0.717) is 6.04 Å². The molecule has 2 rings (SSSR count). The lowest BCUT2D eigenvalue weighted by Crippen LogP contribution is -2.25. The first-order valence-corrected chi connectivity index (χ1v) is 8.67. The molecule has 1 aliphatic carbocycles. The highest BCUT2D eigenvalue weighted by Gasteiger charge is 2.20. The summed E-state index contributed by atoms with van der Waals surface area (Å²) in [7, 11) is 0. The maximum Gasteiger partial charge on any atom is 0.0453 e. The molecule has 1 aromatic carbocycles. The number of halogens is 1. The van der Waals surface area contributed by atoms with E-state index in [-0.39, 0.29) is 0 Å². The van der Waals surface area contributed by atoms with Crippen LogP contribution in [0.5, 0.6) is 0 Å². The van der Waals surface area contributed by atoms with Crippen LogP contribution in [0.15, 0.2) is 24.3 Å². The van der Waals surface area contributed by atoms with Gasteiger partial charge < -0.3 is 5.32 Å². The van der Waals surface area contributed by atoms with Crippen LogP contribution < -0.4 is 5.32 Å². The zero-order chi connectivity index (χ0) is 14.2. The van der Waals surface area contributed by atoms with Crippen LogP contribution in [0.4, 0.5) is 0 Å². The van der Waals surface area contributed by atoms with Crippen molar-refractivity contribution in [3.8, 4) is 0 Å². The van der Waals surface area contributed by atoms with Crippen molar-refractivity contribution in [2.24, 2.45) is 5.92 Å². The summed E-state index contributed by atoms with van der Waals surface area (Å²) in [6.07, 6.45) is 10.9. The van der Waals surface area contributed by atoms with Gasteiger partial charge in [-0.3, -0.25) is 0 Å². The van der Waals surface area contributed by atoms with E-state index in [9.17, 15) is 0 Å². The van der Waals surface area contributed by atoms with Crippen LogP contribution >= 0.6 is 11.6 Å². The molecule has 112 valence electrons. The summed E-state index contributed by atoms with van der Waals surface area (Å²) in [6.45, 7) is 3.30. The Morgan fingerprint density at radius 2 is 1.85 bits per heavy atom. The minimum atomic E-state index is 0.423. The van der Waals surface area contributed by atoms with Gasteiger partial charge in [-0.2, -0.15) is 0 Å². The first-order valence-electron chi connectivity index (χ1n) is 8.29. The molecule has 1 unspecified atom stereocenters. The lowest BCUT2D eigenvalue weighted by molar-refractivity contribution is 0.356. The van der Waals surface area contributed by atoms with Crippen LogP contribution in [0.25, 0.3) is 0 Å². The Bertz CT molecular complexity index is 383. The van der Waals surface area contributed by atoms with Gasteiger partial charge >= 0.3 is 0 Å². The molecule has 1 fully saturated rings. The Balaban J connectivity index is 2.04. The predicted molar refractivity (Wildman–Crippen MR) is 88.3 cm³/mol. The number of hydrogen-bond acceptors (Lipinski definition) is 1. The van der Waals surface area contributed by atoms with Crippen molar-refractivity contribution in [3.63, 3.8) is 0 Å². The van der Waals surface area contributed by atoms with E-state index in [2.05, 4.69) is 24.4 Å². The van der Waals surface area contributed by atoms with Gasteiger partial charge in [0, 0.05) is 11.1 Å². The van der Waals surface area contributed by atoms with Gasteiger partial charge in [-0.05, 0) is 36.9 Å². The number of nitrogens with one attached hydrogen (secondary N) is 1. The van der Waals surface area contributed by atoms with Crippen LogP contribution in [0.1, 0.15) is 69.9 Å². The van der Waals surface area contributed by atoms with Gasteiger partial charge in [0.15, 0.2) is 0 Å². The third-order valence-electron chi connectivity index (χ3n) is 4.47. The molecule has 1 N–H and O–H groups in total. The second-order valence-corrected chi connectivity index (χ2v) is 6.53. The molecule has 20 heavy (non-hydrogen) atoms. The fraction of sp³-hybridized carbons (Fsp3) is 0.667. The van der Waals surface area contributed by atoms with E-state index in [1.807, 2.05) is 12.1 Å². The molecular formula is C18H28ClN. The van der Waals surface area contributed by atoms with Gasteiger partial charge in [0.2, 0.25) is 0 Å². The molecule has 0 amide bonds. The average molecular weight is 294 g/mol. The Morgan fingerprint density at radius 3 is 2.50 bits per heavy atom. The fourth-order valence-electron chi connectivity index (χ4n) is 3.33. The molecule has 0 aromatic heterocycles. The van der Waals surface area contributed by atoms with Crippen molar-refractivity contribution in [3.05, 3.63) is 34.9 Å². The molecule has 0 bridgehead atoms. The predicted octanol–water partition coefficient (Wildman–Crippen LogP) is 5.74. The zero-order valence-corrected chi connectivity index (χ0v) is 13.5. The van der Waals surface area contributed by atoms with Crippen LogP contribution in [0, 0.1) is 5.92 Å². The summed E-state index contributed by atoms with van der Waals surface area (Å²) in [5.41, 5.74) is 1.28. The average Bonchev–Trinajstić information content (AvgIpc) is 2.73. The van der Waals surface area contributed by atoms with Gasteiger partial charge in [-0.15, -0.1) is 0 Å². The zero-order valence-electron chi connectivity index (χ0n) is 12.7. The normalized spacial score (nSPS) is 18.7. The van der Waals surface area contributed by atoms with E-state index in [1.54, 1.807) is 0 Å². The molecule has 0 heterocycles. The third-order valence-corrected chi connectivity index (χ3v) is 4.81. The molecule has 0 radical (unpaired) electrons. The van der Waals surface area contributed by atoms with E-state index >= 15 is 0 Å². The van der Waals surface area contributed by atoms with Crippen molar-refractivity contribution in [2.45, 2.75) is 64.3 Å². The Labute approximate surface area is 129 Å². The monoisotopic (exact) mass is 293 g/mol. The number of benzene rings is 1. The third kappa shape index (κ3) is 4.79. The van der Waals surface area contributed by atoms with E-state index in [1.165, 1.54) is 56.9 Å². The van der Waals surface area contributed by atoms with E-state index in [0.717, 1.165) is 17.5 Å². The highest BCUT2D eigenvalue weighted by Crippen LogP contribution is 2.33. The highest BCUT2D eigenvalue weighted by molar-refractivity contribution is 6.31. The van der Waals surface area contributed by atoms with Crippen molar-refractivity contribution in [2.75, 3.05) is 6.54 Å². The van der Waals surface area contributed by atoms with Crippen LogP contribution in [-0.4, -0.2) is 6.54 Å². The van der Waals surface area contributed by atoms with Crippen LogP contribution in [-0.2, 0) is 0 Å². The second-order valence-electron chi connectivity index (χ2n) is 6.12. The lowest BCUT2D eigenvalue weighted by atomic mass is 9.89. The molecule has 0 spiro atoms. The summed E-state index contributed by atoms with van der Waals surface area (Å²) in [5, 5.41) is 4.62. The SMILES string of the molecule is CCCNC(CC1CCCCCC1)c1ccccc1Cl. The van der Waals surface area contributed by atoms with Crippen molar-refractivity contribution in [1.82, 2.24) is 5.32 Å². The maximum atomic E-state index is 6.41. The molecule has 2 heteroatoms. The molecule has 1 nitrogen and oxygen atoms in total. The molecule has 0 saturated heterocycles. The standard InChI is InChI=1S/C18H28ClN/c1-2-13-20-18(16-11-7-8-12-17(16)19)14-15-9-5-3-4-6-10-15/h7-8,11-12,15,18,20H,2-6,9-10,13-14H2,1H3. The first-order chi connectivity index (χ1) is 9.81. The summed E-state index contributed by atoms with van der Waals surface area (Å²) in [4.78, 5) is 0. The molecule has 1 saturated carbocycles. The van der Waals surface area contributed by atoms with Crippen molar-refractivity contribution >= 4 is 11.6 Å². The van der Waals surface area contributed by atoms with Gasteiger partial charge in [0.1, 0.15) is 0 Å². The highest BCUT2D eigenvalue weighted by atomic mass is 35.5. The van der Waals surface area contributed by atoms with E-state index in [4.69, 9.17) is 11.6 Å². The molecule has 0 aliphatic heterocycles. The Morgan fingerprint density at radius 1 is 1.15 bits per heavy atom. The van der Waals surface area contributed by atoms with E-state index < -0.39 is 0 Å². The van der Waals surface area contributed by atoms with Gasteiger partial charge in [0.05, 0.1) is 0 Å². The van der Waals surface area contributed by atoms with Crippen LogP contribution in [0.3, 0.4) is 0 Å². The molecule has 1 aliphatic rings. The smallest absolute Gasteiger partial charge is 0.0453 e. The van der Waals surface area contributed by atoms with Crippen molar-refractivity contribution in [1.29, 1.82) is 0 Å². The topological polar surface area (TPSA) is 12.0 Å². The summed E-state index contributed by atoms with van der Waals surface area (Å²) < 4.78 is 0. The van der Waals surface area contributed by atoms with Gasteiger partial charge in [0.25, 0.3) is 0 Å².